The SMILES string of the molecule is Cn1ccc(CCNc2ccc(C(N)=S)cc2)n1. The number of aromatic nitrogens is 2. The van der Waals surface area contributed by atoms with Crippen molar-refractivity contribution in [1.82, 2.24) is 9.78 Å². The molecule has 0 aliphatic rings. The third kappa shape index (κ3) is 3.30. The summed E-state index contributed by atoms with van der Waals surface area (Å²) in [5.74, 6) is 0. The summed E-state index contributed by atoms with van der Waals surface area (Å²) >= 11 is 4.91. The summed E-state index contributed by atoms with van der Waals surface area (Å²) in [5, 5.41) is 7.66. The van der Waals surface area contributed by atoms with E-state index in [4.69, 9.17) is 18.0 Å². The molecule has 5 heteroatoms. The van der Waals surface area contributed by atoms with E-state index in [1.807, 2.05) is 48.3 Å². The van der Waals surface area contributed by atoms with Gasteiger partial charge < -0.3 is 11.1 Å². The first-order chi connectivity index (χ1) is 8.65. The molecule has 0 amide bonds. The van der Waals surface area contributed by atoms with E-state index in [1.54, 1.807) is 0 Å². The standard InChI is InChI=1S/C13H16N4S/c1-17-9-7-12(16-17)6-8-15-11-4-2-10(3-5-11)13(14)18/h2-5,7,9,15H,6,8H2,1H3,(H2,14,18). The number of hydrogen-bond acceptors (Lipinski definition) is 3. The number of nitrogens with zero attached hydrogens (tertiary/aromatic N) is 2. The second-order valence-corrected chi connectivity index (χ2v) is 4.54. The lowest BCUT2D eigenvalue weighted by Gasteiger charge is -2.06. The van der Waals surface area contributed by atoms with Crippen molar-refractivity contribution in [2.45, 2.75) is 6.42 Å². The molecule has 0 radical (unpaired) electrons. The maximum Gasteiger partial charge on any atom is 0.103 e. The van der Waals surface area contributed by atoms with E-state index in [0.29, 0.717) is 4.99 Å². The van der Waals surface area contributed by atoms with Gasteiger partial charge in [-0.05, 0) is 30.3 Å². The van der Waals surface area contributed by atoms with Crippen LogP contribution in [0.3, 0.4) is 0 Å². The Kier molecular flexibility index (Phi) is 3.94. The third-order valence-corrected chi connectivity index (χ3v) is 2.88. The highest BCUT2D eigenvalue weighted by Crippen LogP contribution is 2.09. The van der Waals surface area contributed by atoms with Crippen LogP contribution in [-0.4, -0.2) is 21.3 Å². The number of aryl methyl sites for hydroxylation is 1. The van der Waals surface area contributed by atoms with Gasteiger partial charge in [-0.25, -0.2) is 0 Å². The minimum Gasteiger partial charge on any atom is -0.389 e. The summed E-state index contributed by atoms with van der Waals surface area (Å²) in [6.45, 7) is 0.851. The van der Waals surface area contributed by atoms with Gasteiger partial charge in [-0.2, -0.15) is 5.10 Å². The molecule has 0 atom stereocenters. The maximum atomic E-state index is 5.54. The number of thiocarbonyl (C=S) groups is 1. The molecular weight excluding hydrogens is 244 g/mol. The summed E-state index contributed by atoms with van der Waals surface area (Å²) in [7, 11) is 1.92. The van der Waals surface area contributed by atoms with E-state index < -0.39 is 0 Å². The Bertz CT molecular complexity index is 530. The van der Waals surface area contributed by atoms with Crippen LogP contribution in [0, 0.1) is 0 Å². The van der Waals surface area contributed by atoms with Gasteiger partial charge in [-0.1, -0.05) is 12.2 Å². The molecule has 1 aromatic heterocycles. The number of rotatable bonds is 5. The van der Waals surface area contributed by atoms with Crippen LogP contribution in [0.4, 0.5) is 5.69 Å². The van der Waals surface area contributed by atoms with E-state index >= 15 is 0 Å². The van der Waals surface area contributed by atoms with Crippen molar-refractivity contribution in [1.29, 1.82) is 0 Å². The minimum absolute atomic E-state index is 0.426. The Balaban J connectivity index is 1.85. The predicted octanol–water partition coefficient (Wildman–Crippen LogP) is 1.71. The van der Waals surface area contributed by atoms with Crippen LogP contribution in [0.15, 0.2) is 36.5 Å². The zero-order chi connectivity index (χ0) is 13.0. The average Bonchev–Trinajstić information content (AvgIpc) is 2.76. The lowest BCUT2D eigenvalue weighted by Crippen LogP contribution is -2.09. The van der Waals surface area contributed by atoms with Gasteiger partial charge in [0, 0.05) is 37.5 Å². The second kappa shape index (κ2) is 5.64. The predicted molar refractivity (Wildman–Crippen MR) is 77.7 cm³/mol. The van der Waals surface area contributed by atoms with Crippen molar-refractivity contribution >= 4 is 22.9 Å². The van der Waals surface area contributed by atoms with Crippen LogP contribution in [0.2, 0.25) is 0 Å². The van der Waals surface area contributed by atoms with Gasteiger partial charge in [0.05, 0.1) is 5.69 Å². The Morgan fingerprint density at radius 2 is 2.06 bits per heavy atom. The molecule has 3 N–H and O–H groups in total. The molecule has 0 saturated heterocycles. The van der Waals surface area contributed by atoms with E-state index in [2.05, 4.69) is 10.4 Å². The zero-order valence-electron chi connectivity index (χ0n) is 10.3. The summed E-state index contributed by atoms with van der Waals surface area (Å²) in [5.41, 5.74) is 8.58. The smallest absolute Gasteiger partial charge is 0.103 e. The third-order valence-electron chi connectivity index (χ3n) is 2.65. The number of hydrogen-bond donors (Lipinski definition) is 2. The summed E-state index contributed by atoms with van der Waals surface area (Å²) in [6, 6.07) is 9.83. The molecule has 0 spiro atoms. The van der Waals surface area contributed by atoms with Crippen molar-refractivity contribution in [2.24, 2.45) is 12.8 Å². The lowest BCUT2D eigenvalue weighted by molar-refractivity contribution is 0.742. The molecule has 0 unspecified atom stereocenters. The summed E-state index contributed by atoms with van der Waals surface area (Å²) < 4.78 is 1.81. The number of benzene rings is 1. The van der Waals surface area contributed by atoms with Crippen LogP contribution in [0.1, 0.15) is 11.3 Å². The summed E-state index contributed by atoms with van der Waals surface area (Å²) in [4.78, 5) is 0.426. The number of nitrogens with one attached hydrogen (secondary N) is 1. The van der Waals surface area contributed by atoms with E-state index in [9.17, 15) is 0 Å². The first-order valence-electron chi connectivity index (χ1n) is 5.77. The van der Waals surface area contributed by atoms with Gasteiger partial charge in [0.25, 0.3) is 0 Å². The first-order valence-corrected chi connectivity index (χ1v) is 6.18. The Hall–Kier alpha value is -1.88. The molecule has 0 aliphatic carbocycles. The molecule has 0 aliphatic heterocycles. The fourth-order valence-electron chi connectivity index (χ4n) is 1.68. The highest BCUT2D eigenvalue weighted by atomic mass is 32.1. The Labute approximate surface area is 112 Å². The Morgan fingerprint density at radius 1 is 1.33 bits per heavy atom. The van der Waals surface area contributed by atoms with Crippen LogP contribution >= 0.6 is 12.2 Å². The van der Waals surface area contributed by atoms with Gasteiger partial charge in [-0.3, -0.25) is 4.68 Å². The molecule has 2 rings (SSSR count). The van der Waals surface area contributed by atoms with Gasteiger partial charge in [0.1, 0.15) is 4.99 Å². The fraction of sp³-hybridized carbons (Fsp3) is 0.231. The zero-order valence-corrected chi connectivity index (χ0v) is 11.1. The first kappa shape index (κ1) is 12.6. The van der Waals surface area contributed by atoms with Crippen LogP contribution in [0.5, 0.6) is 0 Å². The molecule has 94 valence electrons. The van der Waals surface area contributed by atoms with Crippen molar-refractivity contribution in [3.63, 3.8) is 0 Å². The van der Waals surface area contributed by atoms with E-state index in [-0.39, 0.29) is 0 Å². The number of anilines is 1. The van der Waals surface area contributed by atoms with E-state index in [0.717, 1.165) is 29.9 Å². The molecule has 18 heavy (non-hydrogen) atoms. The monoisotopic (exact) mass is 260 g/mol. The van der Waals surface area contributed by atoms with Crippen molar-refractivity contribution < 1.29 is 0 Å². The lowest BCUT2D eigenvalue weighted by atomic mass is 10.2. The molecule has 4 nitrogen and oxygen atoms in total. The average molecular weight is 260 g/mol. The van der Waals surface area contributed by atoms with Gasteiger partial charge in [0.2, 0.25) is 0 Å². The molecule has 0 bridgehead atoms. The molecule has 1 aromatic carbocycles. The summed E-state index contributed by atoms with van der Waals surface area (Å²) in [6.07, 6.45) is 2.85. The number of nitrogens with two attached hydrogens (primary N) is 1. The van der Waals surface area contributed by atoms with Crippen molar-refractivity contribution in [2.75, 3.05) is 11.9 Å². The minimum atomic E-state index is 0.426. The molecular formula is C13H16N4S. The second-order valence-electron chi connectivity index (χ2n) is 4.10. The quantitative estimate of drug-likeness (QED) is 0.804. The largest absolute Gasteiger partial charge is 0.389 e. The van der Waals surface area contributed by atoms with Crippen LogP contribution in [-0.2, 0) is 13.5 Å². The van der Waals surface area contributed by atoms with Crippen molar-refractivity contribution in [3.05, 3.63) is 47.8 Å². The molecule has 2 aromatic rings. The maximum absolute atomic E-state index is 5.54. The van der Waals surface area contributed by atoms with Gasteiger partial charge >= 0.3 is 0 Å². The highest BCUT2D eigenvalue weighted by Gasteiger charge is 1.98. The van der Waals surface area contributed by atoms with E-state index in [1.165, 1.54) is 0 Å². The van der Waals surface area contributed by atoms with Gasteiger partial charge in [0.15, 0.2) is 0 Å². The van der Waals surface area contributed by atoms with Crippen molar-refractivity contribution in [3.8, 4) is 0 Å². The van der Waals surface area contributed by atoms with Crippen LogP contribution < -0.4 is 11.1 Å². The molecule has 0 saturated carbocycles. The molecule has 1 heterocycles. The van der Waals surface area contributed by atoms with Gasteiger partial charge in [-0.15, -0.1) is 0 Å². The Morgan fingerprint density at radius 3 is 2.61 bits per heavy atom. The topological polar surface area (TPSA) is 55.9 Å². The normalized spacial score (nSPS) is 10.3. The fourth-order valence-corrected chi connectivity index (χ4v) is 1.82. The van der Waals surface area contributed by atoms with Crippen LogP contribution in [0.25, 0.3) is 0 Å². The molecule has 0 fully saturated rings. The highest BCUT2D eigenvalue weighted by molar-refractivity contribution is 7.80.